The second-order valence-corrected chi connectivity index (χ2v) is 10.1. The highest BCUT2D eigenvalue weighted by Gasteiger charge is 2.33. The maximum Gasteiger partial charge on any atom is 0.404 e. The fourth-order valence-corrected chi connectivity index (χ4v) is 5.56. The van der Waals surface area contributed by atoms with Gasteiger partial charge in [0.15, 0.2) is 17.5 Å². The van der Waals surface area contributed by atoms with Crippen molar-refractivity contribution in [3.63, 3.8) is 0 Å². The highest BCUT2D eigenvalue weighted by atomic mass is 19.2. The molecule has 1 aliphatic heterocycles. The second-order valence-electron chi connectivity index (χ2n) is 10.1. The van der Waals surface area contributed by atoms with E-state index in [2.05, 4.69) is 16.0 Å². The van der Waals surface area contributed by atoms with Crippen molar-refractivity contribution in [3.8, 4) is 0 Å². The van der Waals surface area contributed by atoms with Crippen LogP contribution in [-0.2, 0) is 4.74 Å². The number of carboxylic acid groups (broad SMARTS) is 1. The number of likely N-dealkylation sites (tertiary alicyclic amines) is 1. The third kappa shape index (κ3) is 8.77. The van der Waals surface area contributed by atoms with E-state index in [9.17, 15) is 22.8 Å². The van der Waals surface area contributed by atoms with E-state index in [1.807, 2.05) is 7.05 Å². The van der Waals surface area contributed by atoms with Crippen molar-refractivity contribution in [1.82, 2.24) is 20.9 Å². The van der Waals surface area contributed by atoms with Gasteiger partial charge in [0.2, 0.25) is 0 Å². The van der Waals surface area contributed by atoms with Crippen LogP contribution in [0.2, 0.25) is 0 Å². The van der Waals surface area contributed by atoms with Gasteiger partial charge < -0.3 is 30.7 Å². The molecule has 1 saturated carbocycles. The van der Waals surface area contributed by atoms with Gasteiger partial charge in [0.05, 0.1) is 12.7 Å². The van der Waals surface area contributed by atoms with Crippen molar-refractivity contribution in [2.24, 2.45) is 11.8 Å². The molecule has 3 rings (SSSR count). The summed E-state index contributed by atoms with van der Waals surface area (Å²) < 4.78 is 47.5. The fourth-order valence-electron chi connectivity index (χ4n) is 5.56. The average Bonchev–Trinajstić information content (AvgIpc) is 2.87. The van der Waals surface area contributed by atoms with Gasteiger partial charge in [-0.3, -0.25) is 0 Å². The lowest BCUT2D eigenvalue weighted by atomic mass is 9.85. The number of halogens is 3. The van der Waals surface area contributed by atoms with Crippen LogP contribution in [0.25, 0.3) is 0 Å². The van der Waals surface area contributed by atoms with E-state index >= 15 is 0 Å². The van der Waals surface area contributed by atoms with Gasteiger partial charge in [-0.15, -0.1) is 0 Å². The molecule has 0 aromatic heterocycles. The predicted octanol–water partition coefficient (Wildman–Crippen LogP) is 4.41. The lowest BCUT2D eigenvalue weighted by Crippen LogP contribution is -2.52. The largest absolute Gasteiger partial charge is 0.465 e. The Balaban J connectivity index is 1.68. The minimum atomic E-state index is -1.56. The van der Waals surface area contributed by atoms with Gasteiger partial charge in [-0.05, 0) is 49.9 Å². The standard InChI is InChI=1S/C26H39F3N4O4/c1-30-15-20(12-17-6-3-2-4-7-17)32-25(34)33-10-5-8-18(16-33)24(37-11-9-31-26(35)36)19-13-21(27)23(29)22(28)14-19/h13-14,17-18,20,24,30-31H,2-12,15-16H2,1H3,(H,32,34)(H,35,36). The summed E-state index contributed by atoms with van der Waals surface area (Å²) in [4.78, 5) is 25.7. The number of piperidine rings is 1. The van der Waals surface area contributed by atoms with Crippen molar-refractivity contribution in [3.05, 3.63) is 35.1 Å². The molecule has 4 N–H and O–H groups in total. The van der Waals surface area contributed by atoms with Gasteiger partial charge in [-0.1, -0.05) is 32.1 Å². The molecule has 3 unspecified atom stereocenters. The van der Waals surface area contributed by atoms with Crippen LogP contribution in [0.3, 0.4) is 0 Å². The highest BCUT2D eigenvalue weighted by Crippen LogP contribution is 2.34. The van der Waals surface area contributed by atoms with Crippen LogP contribution in [-0.4, -0.2) is 68.0 Å². The molecule has 37 heavy (non-hydrogen) atoms. The molecule has 3 atom stereocenters. The Morgan fingerprint density at radius 3 is 2.46 bits per heavy atom. The summed E-state index contributed by atoms with van der Waals surface area (Å²) in [6, 6.07) is 1.61. The topological polar surface area (TPSA) is 103 Å². The number of hydrogen-bond donors (Lipinski definition) is 4. The molecule has 1 heterocycles. The van der Waals surface area contributed by atoms with Crippen molar-refractivity contribution in [2.75, 3.05) is 39.8 Å². The summed E-state index contributed by atoms with van der Waals surface area (Å²) in [6.07, 6.45) is 6.24. The predicted molar refractivity (Wildman–Crippen MR) is 133 cm³/mol. The van der Waals surface area contributed by atoms with Gasteiger partial charge >= 0.3 is 12.1 Å². The molecule has 1 aliphatic carbocycles. The molecule has 208 valence electrons. The molecule has 1 aromatic carbocycles. The van der Waals surface area contributed by atoms with Gasteiger partial charge in [0, 0.05) is 38.1 Å². The normalized spacial score (nSPS) is 20.3. The smallest absolute Gasteiger partial charge is 0.404 e. The van der Waals surface area contributed by atoms with E-state index in [1.165, 1.54) is 32.1 Å². The molecule has 2 fully saturated rings. The zero-order valence-corrected chi connectivity index (χ0v) is 21.4. The summed E-state index contributed by atoms with van der Waals surface area (Å²) in [5, 5.41) is 17.3. The number of nitrogens with zero attached hydrogens (tertiary/aromatic N) is 1. The minimum absolute atomic E-state index is 0.00425. The molecule has 0 bridgehead atoms. The summed E-state index contributed by atoms with van der Waals surface area (Å²) >= 11 is 0. The first-order valence-electron chi connectivity index (χ1n) is 13.2. The number of amides is 3. The SMILES string of the molecule is CNCC(CC1CCCCC1)NC(=O)N1CCCC(C(OCCNC(=O)O)c2cc(F)c(F)c(F)c2)C1. The summed E-state index contributed by atoms with van der Waals surface area (Å²) in [6.45, 7) is 1.42. The van der Waals surface area contributed by atoms with E-state index in [4.69, 9.17) is 9.84 Å². The molecule has 1 aromatic rings. The molecular weight excluding hydrogens is 489 g/mol. The van der Waals surface area contributed by atoms with Crippen molar-refractivity contribution >= 4 is 12.1 Å². The van der Waals surface area contributed by atoms with Gasteiger partial charge in [0.1, 0.15) is 0 Å². The Bertz CT molecular complexity index is 878. The molecule has 2 aliphatic rings. The third-order valence-electron chi connectivity index (χ3n) is 7.30. The monoisotopic (exact) mass is 528 g/mol. The number of nitrogens with one attached hydrogen (secondary N) is 3. The number of likely N-dealkylation sites (N-methyl/N-ethyl adjacent to an activating group) is 1. The first kappa shape index (κ1) is 29.0. The molecule has 3 amide bonds. The Labute approximate surface area is 216 Å². The Morgan fingerprint density at radius 2 is 1.81 bits per heavy atom. The van der Waals surface area contributed by atoms with Crippen molar-refractivity contribution < 1.29 is 32.6 Å². The number of urea groups is 1. The maximum absolute atomic E-state index is 14.0. The molecule has 11 heteroatoms. The Kier molecular flexibility index (Phi) is 11.3. The second kappa shape index (κ2) is 14.4. The van der Waals surface area contributed by atoms with E-state index in [-0.39, 0.29) is 36.7 Å². The molecule has 8 nitrogen and oxygen atoms in total. The first-order valence-corrected chi connectivity index (χ1v) is 13.2. The lowest BCUT2D eigenvalue weighted by molar-refractivity contribution is -0.00892. The number of ether oxygens (including phenoxy) is 1. The molecule has 0 spiro atoms. The molecule has 0 radical (unpaired) electrons. The van der Waals surface area contributed by atoms with Gasteiger partial charge in [0.25, 0.3) is 0 Å². The highest BCUT2D eigenvalue weighted by molar-refractivity contribution is 5.74. The van der Waals surface area contributed by atoms with E-state index < -0.39 is 29.6 Å². The zero-order chi connectivity index (χ0) is 26.8. The van der Waals surface area contributed by atoms with Crippen LogP contribution in [0.15, 0.2) is 12.1 Å². The van der Waals surface area contributed by atoms with Crippen LogP contribution < -0.4 is 16.0 Å². The first-order chi connectivity index (χ1) is 17.8. The number of rotatable bonds is 11. The van der Waals surface area contributed by atoms with Crippen LogP contribution in [0.5, 0.6) is 0 Å². The minimum Gasteiger partial charge on any atom is -0.465 e. The maximum atomic E-state index is 14.0. The lowest BCUT2D eigenvalue weighted by Gasteiger charge is -2.38. The molecule has 1 saturated heterocycles. The van der Waals surface area contributed by atoms with Gasteiger partial charge in [-0.25, -0.2) is 22.8 Å². The molecular formula is C26H39F3N4O4. The van der Waals surface area contributed by atoms with Crippen LogP contribution in [0.4, 0.5) is 22.8 Å². The van der Waals surface area contributed by atoms with Crippen molar-refractivity contribution in [2.45, 2.75) is 63.5 Å². The number of carbonyl (C=O) groups is 2. The number of hydrogen-bond acceptors (Lipinski definition) is 4. The fraction of sp³-hybridized carbons (Fsp3) is 0.692. The quantitative estimate of drug-likeness (QED) is 0.252. The summed E-state index contributed by atoms with van der Waals surface area (Å²) in [5.74, 6) is -3.92. The number of carbonyl (C=O) groups excluding carboxylic acids is 1. The van der Waals surface area contributed by atoms with Crippen LogP contribution in [0, 0.1) is 29.3 Å². The Morgan fingerprint density at radius 1 is 1.11 bits per heavy atom. The van der Waals surface area contributed by atoms with E-state index in [0.29, 0.717) is 38.4 Å². The van der Waals surface area contributed by atoms with E-state index in [0.717, 1.165) is 18.6 Å². The van der Waals surface area contributed by atoms with Gasteiger partial charge in [-0.2, -0.15) is 0 Å². The Hall–Kier alpha value is -2.53. The third-order valence-corrected chi connectivity index (χ3v) is 7.30. The zero-order valence-electron chi connectivity index (χ0n) is 21.4. The van der Waals surface area contributed by atoms with E-state index in [1.54, 1.807) is 4.90 Å². The van der Waals surface area contributed by atoms with Crippen LogP contribution in [0.1, 0.15) is 63.0 Å². The number of benzene rings is 1. The van der Waals surface area contributed by atoms with Crippen LogP contribution >= 0.6 is 0 Å². The summed E-state index contributed by atoms with van der Waals surface area (Å²) in [7, 11) is 1.86. The average molecular weight is 529 g/mol. The summed E-state index contributed by atoms with van der Waals surface area (Å²) in [5.41, 5.74) is 0.115. The van der Waals surface area contributed by atoms with Crippen molar-refractivity contribution in [1.29, 1.82) is 0 Å².